The Labute approximate surface area is 97.8 Å². The molecular weight excluding hydrogens is 198 g/mol. The molecule has 0 spiro atoms. The first-order valence-corrected chi connectivity index (χ1v) is 6.02. The van der Waals surface area contributed by atoms with Gasteiger partial charge in [-0.05, 0) is 37.5 Å². The lowest BCUT2D eigenvalue weighted by Crippen LogP contribution is -2.43. The molecule has 16 heavy (non-hydrogen) atoms. The van der Waals surface area contributed by atoms with E-state index in [1.54, 1.807) is 0 Å². The topological polar surface area (TPSA) is 35.2 Å². The third kappa shape index (κ3) is 1.82. The van der Waals surface area contributed by atoms with Gasteiger partial charge in [-0.15, -0.1) is 0 Å². The maximum Gasteiger partial charge on any atom is 0.119 e. The largest absolute Gasteiger partial charge is 0.494 e. The molecule has 0 unspecified atom stereocenters. The number of hydrogen-bond acceptors (Lipinski definition) is 2. The van der Waals surface area contributed by atoms with Gasteiger partial charge in [-0.1, -0.05) is 26.0 Å². The van der Waals surface area contributed by atoms with Gasteiger partial charge in [-0.25, -0.2) is 0 Å². The van der Waals surface area contributed by atoms with Crippen LogP contribution in [0.3, 0.4) is 0 Å². The highest BCUT2D eigenvalue weighted by Gasteiger charge is 2.51. The number of nitrogens with two attached hydrogens (primary N) is 1. The quantitative estimate of drug-likeness (QED) is 0.845. The molecule has 0 bridgehead atoms. The molecule has 0 aliphatic heterocycles. The molecule has 2 rings (SSSR count). The molecule has 0 aromatic heterocycles. The standard InChI is InChI=1S/C14H21NO/c1-4-16-12-7-5-6-11(10-12)13(2,3)14(15)8-9-14/h5-7,10H,4,8-9,15H2,1-3H3. The van der Waals surface area contributed by atoms with E-state index in [9.17, 15) is 0 Å². The van der Waals surface area contributed by atoms with Gasteiger partial charge in [0, 0.05) is 11.0 Å². The second-order valence-electron chi connectivity index (χ2n) is 5.24. The van der Waals surface area contributed by atoms with Crippen molar-refractivity contribution in [3.8, 4) is 5.75 Å². The molecular formula is C14H21NO. The summed E-state index contributed by atoms with van der Waals surface area (Å²) in [5.41, 5.74) is 7.63. The van der Waals surface area contributed by atoms with Crippen molar-refractivity contribution >= 4 is 0 Å². The molecule has 0 amide bonds. The Morgan fingerprint density at radius 3 is 2.62 bits per heavy atom. The van der Waals surface area contributed by atoms with Crippen LogP contribution in [0.4, 0.5) is 0 Å². The third-order valence-corrected chi connectivity index (χ3v) is 3.90. The second kappa shape index (κ2) is 3.77. The molecule has 2 heteroatoms. The van der Waals surface area contributed by atoms with E-state index in [1.165, 1.54) is 5.56 Å². The minimum absolute atomic E-state index is 0.0160. The Bertz CT molecular complexity index is 380. The lowest BCUT2D eigenvalue weighted by atomic mass is 9.76. The van der Waals surface area contributed by atoms with Gasteiger partial charge in [0.1, 0.15) is 5.75 Å². The first-order valence-electron chi connectivity index (χ1n) is 6.02. The van der Waals surface area contributed by atoms with E-state index in [4.69, 9.17) is 10.5 Å². The lowest BCUT2D eigenvalue weighted by Gasteiger charge is -2.32. The van der Waals surface area contributed by atoms with Crippen LogP contribution >= 0.6 is 0 Å². The zero-order valence-electron chi connectivity index (χ0n) is 10.4. The Balaban J connectivity index is 2.29. The fourth-order valence-electron chi connectivity index (χ4n) is 2.19. The van der Waals surface area contributed by atoms with Crippen LogP contribution in [0.1, 0.15) is 39.2 Å². The highest BCUT2D eigenvalue weighted by molar-refractivity contribution is 5.37. The van der Waals surface area contributed by atoms with E-state index in [2.05, 4.69) is 26.0 Å². The van der Waals surface area contributed by atoms with Gasteiger partial charge in [0.2, 0.25) is 0 Å². The Morgan fingerprint density at radius 2 is 2.06 bits per heavy atom. The SMILES string of the molecule is CCOc1cccc(C(C)(C)C2(N)CC2)c1. The van der Waals surface area contributed by atoms with Crippen LogP contribution in [0, 0.1) is 0 Å². The van der Waals surface area contributed by atoms with Crippen LogP contribution in [0.2, 0.25) is 0 Å². The highest BCUT2D eigenvalue weighted by Crippen LogP contribution is 2.49. The van der Waals surface area contributed by atoms with Gasteiger partial charge in [0.05, 0.1) is 6.61 Å². The van der Waals surface area contributed by atoms with Gasteiger partial charge < -0.3 is 10.5 Å². The first-order chi connectivity index (χ1) is 7.49. The van der Waals surface area contributed by atoms with Crippen LogP contribution in [0.5, 0.6) is 5.75 Å². The average Bonchev–Trinajstić information content (AvgIpc) is 2.99. The lowest BCUT2D eigenvalue weighted by molar-refractivity contribution is 0.336. The molecule has 1 saturated carbocycles. The predicted molar refractivity (Wildman–Crippen MR) is 66.8 cm³/mol. The summed E-state index contributed by atoms with van der Waals surface area (Å²) in [7, 11) is 0. The number of rotatable bonds is 4. The summed E-state index contributed by atoms with van der Waals surface area (Å²) in [4.78, 5) is 0. The summed E-state index contributed by atoms with van der Waals surface area (Å²) in [5, 5.41) is 0. The maximum absolute atomic E-state index is 6.34. The van der Waals surface area contributed by atoms with Crippen LogP contribution in [-0.2, 0) is 5.41 Å². The van der Waals surface area contributed by atoms with Crippen LogP contribution < -0.4 is 10.5 Å². The van der Waals surface area contributed by atoms with E-state index in [1.807, 2.05) is 19.1 Å². The molecule has 1 aromatic carbocycles. The molecule has 2 nitrogen and oxygen atoms in total. The smallest absolute Gasteiger partial charge is 0.119 e. The summed E-state index contributed by atoms with van der Waals surface area (Å²) in [5.74, 6) is 0.942. The first kappa shape index (κ1) is 11.5. The number of benzene rings is 1. The van der Waals surface area contributed by atoms with E-state index in [0.29, 0.717) is 6.61 Å². The minimum atomic E-state index is -0.0160. The van der Waals surface area contributed by atoms with Crippen molar-refractivity contribution in [2.75, 3.05) is 6.61 Å². The summed E-state index contributed by atoms with van der Waals surface area (Å²) >= 11 is 0. The van der Waals surface area contributed by atoms with Gasteiger partial charge in [0.25, 0.3) is 0 Å². The van der Waals surface area contributed by atoms with E-state index >= 15 is 0 Å². The van der Waals surface area contributed by atoms with Crippen molar-refractivity contribution in [2.45, 2.75) is 44.6 Å². The van der Waals surface area contributed by atoms with E-state index < -0.39 is 0 Å². The zero-order valence-corrected chi connectivity index (χ0v) is 10.4. The van der Waals surface area contributed by atoms with Crippen LogP contribution in [0.15, 0.2) is 24.3 Å². The molecule has 1 fully saturated rings. The van der Waals surface area contributed by atoms with Crippen molar-refractivity contribution < 1.29 is 4.74 Å². The fraction of sp³-hybridized carbons (Fsp3) is 0.571. The molecule has 1 aliphatic rings. The van der Waals surface area contributed by atoms with Crippen LogP contribution in [-0.4, -0.2) is 12.1 Å². The summed E-state index contributed by atoms with van der Waals surface area (Å²) < 4.78 is 5.53. The van der Waals surface area contributed by atoms with Crippen molar-refractivity contribution in [3.63, 3.8) is 0 Å². The van der Waals surface area contributed by atoms with Crippen molar-refractivity contribution in [1.82, 2.24) is 0 Å². The summed E-state index contributed by atoms with van der Waals surface area (Å²) in [6.45, 7) is 7.16. The average molecular weight is 219 g/mol. The highest BCUT2D eigenvalue weighted by atomic mass is 16.5. The minimum Gasteiger partial charge on any atom is -0.494 e. The molecule has 2 N–H and O–H groups in total. The molecule has 1 aromatic rings. The molecule has 0 heterocycles. The molecule has 0 radical (unpaired) electrons. The molecule has 1 aliphatic carbocycles. The van der Waals surface area contributed by atoms with Crippen molar-refractivity contribution in [3.05, 3.63) is 29.8 Å². The monoisotopic (exact) mass is 219 g/mol. The van der Waals surface area contributed by atoms with E-state index in [0.717, 1.165) is 18.6 Å². The molecule has 88 valence electrons. The van der Waals surface area contributed by atoms with Gasteiger partial charge in [-0.3, -0.25) is 0 Å². The number of hydrogen-bond donors (Lipinski definition) is 1. The molecule has 0 saturated heterocycles. The number of ether oxygens (including phenoxy) is 1. The van der Waals surface area contributed by atoms with Crippen LogP contribution in [0.25, 0.3) is 0 Å². The van der Waals surface area contributed by atoms with Crippen molar-refractivity contribution in [1.29, 1.82) is 0 Å². The zero-order chi connectivity index (χ0) is 11.8. The Kier molecular flexibility index (Phi) is 2.70. The third-order valence-electron chi connectivity index (χ3n) is 3.90. The Hall–Kier alpha value is -1.02. The fourth-order valence-corrected chi connectivity index (χ4v) is 2.19. The Morgan fingerprint density at radius 1 is 1.38 bits per heavy atom. The summed E-state index contributed by atoms with van der Waals surface area (Å²) in [6.07, 6.45) is 2.25. The van der Waals surface area contributed by atoms with Gasteiger partial charge >= 0.3 is 0 Å². The van der Waals surface area contributed by atoms with Gasteiger partial charge in [-0.2, -0.15) is 0 Å². The van der Waals surface area contributed by atoms with E-state index in [-0.39, 0.29) is 11.0 Å². The maximum atomic E-state index is 6.34. The molecule has 0 atom stereocenters. The predicted octanol–water partition coefficient (Wildman–Crippen LogP) is 2.85. The van der Waals surface area contributed by atoms with Gasteiger partial charge in [0.15, 0.2) is 0 Å². The summed E-state index contributed by atoms with van der Waals surface area (Å²) in [6, 6.07) is 8.32. The van der Waals surface area contributed by atoms with Crippen molar-refractivity contribution in [2.24, 2.45) is 5.73 Å². The normalized spacial score (nSPS) is 18.2. The second-order valence-corrected chi connectivity index (χ2v) is 5.24.